The maximum Gasteiger partial charge on any atom is 0.136 e. The van der Waals surface area contributed by atoms with Crippen molar-refractivity contribution in [3.63, 3.8) is 0 Å². The Bertz CT molecular complexity index is 2090. The first-order chi connectivity index (χ1) is 18.4. The fourth-order valence-electron chi connectivity index (χ4n) is 5.91. The zero-order chi connectivity index (χ0) is 24.3. The van der Waals surface area contributed by atoms with Gasteiger partial charge in [-0.1, -0.05) is 97.1 Å². The van der Waals surface area contributed by atoms with Crippen molar-refractivity contribution < 1.29 is 4.42 Å². The molecule has 0 saturated carbocycles. The number of fused-ring (bicyclic) bond motifs is 6. The molecule has 0 fully saturated rings. The van der Waals surface area contributed by atoms with E-state index >= 15 is 0 Å². The summed E-state index contributed by atoms with van der Waals surface area (Å²) in [6.07, 6.45) is 1.90. The minimum Gasteiger partial charge on any atom is -0.456 e. The molecule has 0 atom stereocenters. The molecular weight excluding hydrogens is 450 g/mol. The first-order valence-electron chi connectivity index (χ1n) is 12.6. The Morgan fingerprint density at radius 3 is 2.08 bits per heavy atom. The van der Waals surface area contributed by atoms with E-state index in [9.17, 15) is 0 Å². The molecule has 2 heteroatoms. The van der Waals surface area contributed by atoms with Crippen molar-refractivity contribution in [2.24, 2.45) is 0 Å². The predicted octanol–water partition coefficient (Wildman–Crippen LogP) is 9.77. The molecule has 2 heterocycles. The number of para-hydroxylation sites is 1. The average Bonchev–Trinajstić information content (AvgIpc) is 3.35. The van der Waals surface area contributed by atoms with Crippen molar-refractivity contribution in [3.05, 3.63) is 128 Å². The molecule has 0 aliphatic carbocycles. The van der Waals surface area contributed by atoms with Gasteiger partial charge >= 0.3 is 0 Å². The summed E-state index contributed by atoms with van der Waals surface area (Å²) in [6, 6.07) is 42.9. The standard InChI is InChI=1S/C35H21NO/c1-2-10-23-21-24(19-18-22(23)9-1)32-25-11-3-4-12-26(25)33(29-15-8-20-36-35(29)32)28-14-7-17-31-34(28)27-13-5-6-16-30(27)37-31/h1-21H. The van der Waals surface area contributed by atoms with Crippen LogP contribution in [0.1, 0.15) is 0 Å². The van der Waals surface area contributed by atoms with Crippen molar-refractivity contribution in [2.45, 2.75) is 0 Å². The fourth-order valence-corrected chi connectivity index (χ4v) is 5.91. The van der Waals surface area contributed by atoms with Crippen LogP contribution in [0.15, 0.2) is 132 Å². The molecule has 8 aromatic rings. The van der Waals surface area contributed by atoms with Crippen molar-refractivity contribution in [1.82, 2.24) is 4.98 Å². The van der Waals surface area contributed by atoms with E-state index in [2.05, 4.69) is 103 Å². The van der Waals surface area contributed by atoms with Crippen LogP contribution in [-0.4, -0.2) is 4.98 Å². The Morgan fingerprint density at radius 1 is 0.486 bits per heavy atom. The van der Waals surface area contributed by atoms with E-state index in [-0.39, 0.29) is 0 Å². The van der Waals surface area contributed by atoms with Crippen LogP contribution in [0.4, 0.5) is 0 Å². The van der Waals surface area contributed by atoms with Gasteiger partial charge in [-0.15, -0.1) is 0 Å². The van der Waals surface area contributed by atoms with Crippen molar-refractivity contribution in [1.29, 1.82) is 0 Å². The molecule has 2 aromatic heterocycles. The predicted molar refractivity (Wildman–Crippen MR) is 155 cm³/mol. The van der Waals surface area contributed by atoms with E-state index in [1.54, 1.807) is 0 Å². The summed E-state index contributed by atoms with van der Waals surface area (Å²) in [5, 5.41) is 8.30. The van der Waals surface area contributed by atoms with Gasteiger partial charge in [0.2, 0.25) is 0 Å². The SMILES string of the molecule is c1ccc2cc(-c3c4ccccc4c(-c4cccc5oc6ccccc6c45)c4cccnc34)ccc2c1. The van der Waals surface area contributed by atoms with Crippen LogP contribution in [0.25, 0.3) is 76.6 Å². The zero-order valence-corrected chi connectivity index (χ0v) is 20.0. The lowest BCUT2D eigenvalue weighted by molar-refractivity contribution is 0.669. The first-order valence-corrected chi connectivity index (χ1v) is 12.6. The van der Waals surface area contributed by atoms with Gasteiger partial charge in [0.1, 0.15) is 11.2 Å². The van der Waals surface area contributed by atoms with Crippen LogP contribution >= 0.6 is 0 Å². The van der Waals surface area contributed by atoms with E-state index in [1.165, 1.54) is 43.8 Å². The number of nitrogens with zero attached hydrogens (tertiary/aromatic N) is 1. The van der Waals surface area contributed by atoms with Gasteiger partial charge in [-0.3, -0.25) is 4.98 Å². The van der Waals surface area contributed by atoms with Gasteiger partial charge in [-0.05, 0) is 62.5 Å². The molecule has 0 saturated heterocycles. The van der Waals surface area contributed by atoms with Crippen molar-refractivity contribution >= 4 is 54.4 Å². The van der Waals surface area contributed by atoms with E-state index < -0.39 is 0 Å². The van der Waals surface area contributed by atoms with Crippen molar-refractivity contribution in [3.8, 4) is 22.3 Å². The molecule has 2 nitrogen and oxygen atoms in total. The first kappa shape index (κ1) is 20.3. The number of furan rings is 1. The van der Waals surface area contributed by atoms with Gasteiger partial charge in [0.15, 0.2) is 0 Å². The maximum absolute atomic E-state index is 6.26. The molecule has 0 bridgehead atoms. The Morgan fingerprint density at radius 2 is 1.19 bits per heavy atom. The molecule has 8 rings (SSSR count). The second-order valence-electron chi connectivity index (χ2n) is 9.53. The highest BCUT2D eigenvalue weighted by Gasteiger charge is 2.20. The molecule has 0 aliphatic heterocycles. The van der Waals surface area contributed by atoms with Crippen molar-refractivity contribution in [2.75, 3.05) is 0 Å². The van der Waals surface area contributed by atoms with Gasteiger partial charge in [0.25, 0.3) is 0 Å². The number of rotatable bonds is 2. The molecule has 0 aliphatic rings. The van der Waals surface area contributed by atoms with Crippen LogP contribution in [-0.2, 0) is 0 Å². The summed E-state index contributed by atoms with van der Waals surface area (Å²) < 4.78 is 6.26. The summed E-state index contributed by atoms with van der Waals surface area (Å²) in [5.74, 6) is 0. The van der Waals surface area contributed by atoms with Gasteiger partial charge in [-0.25, -0.2) is 0 Å². The Labute approximate surface area is 213 Å². The second kappa shape index (κ2) is 7.78. The summed E-state index contributed by atoms with van der Waals surface area (Å²) >= 11 is 0. The summed E-state index contributed by atoms with van der Waals surface area (Å²) in [6.45, 7) is 0. The van der Waals surface area contributed by atoms with Gasteiger partial charge in [0.05, 0.1) is 5.52 Å². The number of hydrogen-bond acceptors (Lipinski definition) is 2. The normalized spacial score (nSPS) is 11.8. The van der Waals surface area contributed by atoms with Gasteiger partial charge < -0.3 is 4.42 Å². The van der Waals surface area contributed by atoms with Crippen LogP contribution in [0.2, 0.25) is 0 Å². The smallest absolute Gasteiger partial charge is 0.136 e. The quantitative estimate of drug-likeness (QED) is 0.235. The zero-order valence-electron chi connectivity index (χ0n) is 20.0. The lowest BCUT2D eigenvalue weighted by atomic mass is 9.86. The monoisotopic (exact) mass is 471 g/mol. The minimum atomic E-state index is 0.901. The third-order valence-electron chi connectivity index (χ3n) is 7.49. The molecule has 6 aromatic carbocycles. The van der Waals surface area contributed by atoms with Crippen LogP contribution in [0.5, 0.6) is 0 Å². The molecule has 0 amide bonds. The van der Waals surface area contributed by atoms with E-state index in [1.807, 2.05) is 24.4 Å². The highest BCUT2D eigenvalue weighted by molar-refractivity contribution is 6.25. The number of hydrogen-bond donors (Lipinski definition) is 0. The maximum atomic E-state index is 6.26. The fraction of sp³-hybridized carbons (Fsp3) is 0. The molecule has 0 N–H and O–H groups in total. The number of aromatic nitrogens is 1. The molecule has 0 spiro atoms. The molecule has 37 heavy (non-hydrogen) atoms. The van der Waals surface area contributed by atoms with Crippen LogP contribution in [0.3, 0.4) is 0 Å². The van der Waals surface area contributed by atoms with Crippen LogP contribution in [0, 0.1) is 0 Å². The number of benzene rings is 6. The molecular formula is C35H21NO. The van der Waals surface area contributed by atoms with E-state index in [0.29, 0.717) is 0 Å². The Hall–Kier alpha value is -4.95. The summed E-state index contributed by atoms with van der Waals surface area (Å²) in [4.78, 5) is 4.98. The summed E-state index contributed by atoms with van der Waals surface area (Å²) in [5.41, 5.74) is 7.53. The highest BCUT2D eigenvalue weighted by Crippen LogP contribution is 2.46. The third-order valence-corrected chi connectivity index (χ3v) is 7.49. The third kappa shape index (κ3) is 2.96. The minimum absolute atomic E-state index is 0.901. The highest BCUT2D eigenvalue weighted by atomic mass is 16.3. The topological polar surface area (TPSA) is 26.0 Å². The Kier molecular flexibility index (Phi) is 4.26. The lowest BCUT2D eigenvalue weighted by Gasteiger charge is -2.17. The molecule has 172 valence electrons. The number of pyridine rings is 1. The summed E-state index contributed by atoms with van der Waals surface area (Å²) in [7, 11) is 0. The lowest BCUT2D eigenvalue weighted by Crippen LogP contribution is -1.93. The molecule has 0 radical (unpaired) electrons. The van der Waals surface area contributed by atoms with Gasteiger partial charge in [-0.2, -0.15) is 0 Å². The van der Waals surface area contributed by atoms with E-state index in [0.717, 1.165) is 32.8 Å². The van der Waals surface area contributed by atoms with E-state index in [4.69, 9.17) is 9.40 Å². The Balaban J connectivity index is 1.55. The van der Waals surface area contributed by atoms with Gasteiger partial charge in [0, 0.05) is 27.9 Å². The molecule has 0 unspecified atom stereocenters. The van der Waals surface area contributed by atoms with Crippen LogP contribution < -0.4 is 0 Å². The largest absolute Gasteiger partial charge is 0.456 e. The second-order valence-corrected chi connectivity index (χ2v) is 9.53. The average molecular weight is 472 g/mol.